The molecule has 0 radical (unpaired) electrons. The molecule has 2 fully saturated rings. The number of anilines is 1. The van der Waals surface area contributed by atoms with Crippen LogP contribution in [0.2, 0.25) is 0 Å². The number of likely N-dealkylation sites (N-methyl/N-ethyl adjacent to an activating group) is 1. The van der Waals surface area contributed by atoms with E-state index >= 15 is 0 Å². The van der Waals surface area contributed by atoms with Gasteiger partial charge in [0.2, 0.25) is 5.89 Å². The molecule has 0 spiro atoms. The van der Waals surface area contributed by atoms with Crippen LogP contribution in [0.1, 0.15) is 59.9 Å². The van der Waals surface area contributed by atoms with Gasteiger partial charge < -0.3 is 9.42 Å². The first-order valence-electron chi connectivity index (χ1n) is 9.75. The smallest absolute Gasteiger partial charge is 0.323 e. The molecular formula is C18H24N6O2S. The van der Waals surface area contributed by atoms with Crippen molar-refractivity contribution < 1.29 is 9.32 Å². The number of hydrogen-bond acceptors (Lipinski definition) is 7. The van der Waals surface area contributed by atoms with Crippen molar-refractivity contribution in [1.29, 1.82) is 0 Å². The molecule has 1 aliphatic heterocycles. The van der Waals surface area contributed by atoms with E-state index in [0.29, 0.717) is 24.9 Å². The maximum atomic E-state index is 12.8. The van der Waals surface area contributed by atoms with Crippen molar-refractivity contribution in [2.24, 2.45) is 0 Å². The molecule has 2 aromatic rings. The summed E-state index contributed by atoms with van der Waals surface area (Å²) in [5, 5.41) is 7.84. The highest BCUT2D eigenvalue weighted by Gasteiger charge is 2.35. The largest absolute Gasteiger partial charge is 0.338 e. The van der Waals surface area contributed by atoms with E-state index in [0.717, 1.165) is 48.9 Å². The zero-order valence-corrected chi connectivity index (χ0v) is 16.3. The molecule has 144 valence electrons. The molecule has 2 aliphatic carbocycles. The number of amides is 2. The minimum atomic E-state index is -0.0962. The van der Waals surface area contributed by atoms with Gasteiger partial charge in [0.05, 0.1) is 5.69 Å². The standard InChI is InChI=1S/C18H24N6O2S/c1-23-8-9-24(10-13(23)16-20-15(22-26-16)11-6-7-11)18(25)21-17-19-12-4-2-3-5-14(12)27-17/h11,13H,2-10H2,1H3,(H,19,21,25). The Bertz CT molecular complexity index is 821. The average Bonchev–Trinajstić information content (AvgIpc) is 3.26. The lowest BCUT2D eigenvalue weighted by atomic mass is 10.0. The Hall–Kier alpha value is -2.00. The molecule has 0 bridgehead atoms. The van der Waals surface area contributed by atoms with Crippen LogP contribution in [0.5, 0.6) is 0 Å². The van der Waals surface area contributed by atoms with Gasteiger partial charge in [0.1, 0.15) is 6.04 Å². The maximum Gasteiger partial charge on any atom is 0.323 e. The maximum absolute atomic E-state index is 12.8. The SMILES string of the molecule is CN1CCN(C(=O)Nc2nc3c(s2)CCCC3)CC1c1nc(C2CC2)no1. The third-order valence-electron chi connectivity index (χ3n) is 5.68. The molecule has 1 saturated carbocycles. The highest BCUT2D eigenvalue weighted by atomic mass is 32.1. The van der Waals surface area contributed by atoms with Gasteiger partial charge in [-0.2, -0.15) is 4.98 Å². The molecule has 27 heavy (non-hydrogen) atoms. The van der Waals surface area contributed by atoms with E-state index in [-0.39, 0.29) is 12.1 Å². The van der Waals surface area contributed by atoms with Crippen LogP contribution in [0.4, 0.5) is 9.93 Å². The molecule has 2 amide bonds. The van der Waals surface area contributed by atoms with Crippen molar-refractivity contribution in [2.75, 3.05) is 32.0 Å². The number of hydrogen-bond donors (Lipinski definition) is 1. The Kier molecular flexibility index (Phi) is 4.35. The molecule has 0 aromatic carbocycles. The van der Waals surface area contributed by atoms with Gasteiger partial charge in [0, 0.05) is 30.4 Å². The highest BCUT2D eigenvalue weighted by Crippen LogP contribution is 2.39. The number of aryl methyl sites for hydroxylation is 2. The number of carbonyl (C=O) groups is 1. The summed E-state index contributed by atoms with van der Waals surface area (Å²) in [6, 6.07) is -0.157. The third kappa shape index (κ3) is 3.45. The number of fused-ring (bicyclic) bond motifs is 1. The quantitative estimate of drug-likeness (QED) is 0.870. The van der Waals surface area contributed by atoms with Gasteiger partial charge in [-0.1, -0.05) is 5.16 Å². The fourth-order valence-corrected chi connectivity index (χ4v) is 4.83. The molecule has 3 heterocycles. The Morgan fingerprint density at radius 1 is 1.22 bits per heavy atom. The van der Waals surface area contributed by atoms with E-state index in [2.05, 4.69) is 25.3 Å². The summed E-state index contributed by atoms with van der Waals surface area (Å²) in [4.78, 5) is 27.3. The van der Waals surface area contributed by atoms with Crippen LogP contribution in [0.15, 0.2) is 4.52 Å². The fraction of sp³-hybridized carbons (Fsp3) is 0.667. The second kappa shape index (κ2) is 6.87. The van der Waals surface area contributed by atoms with E-state index in [4.69, 9.17) is 4.52 Å². The van der Waals surface area contributed by atoms with Crippen molar-refractivity contribution in [3.05, 3.63) is 22.3 Å². The van der Waals surface area contributed by atoms with Crippen molar-refractivity contribution >= 4 is 22.5 Å². The predicted octanol–water partition coefficient (Wildman–Crippen LogP) is 2.80. The summed E-state index contributed by atoms with van der Waals surface area (Å²) in [5.74, 6) is 1.89. The summed E-state index contributed by atoms with van der Waals surface area (Å²) < 4.78 is 5.51. The van der Waals surface area contributed by atoms with E-state index in [9.17, 15) is 4.79 Å². The molecule has 9 heteroatoms. The minimum Gasteiger partial charge on any atom is -0.338 e. The van der Waals surface area contributed by atoms with Crippen LogP contribution in [0.25, 0.3) is 0 Å². The Balaban J connectivity index is 1.26. The second-order valence-corrected chi connectivity index (χ2v) is 8.82. The van der Waals surface area contributed by atoms with Crippen LogP contribution in [-0.4, -0.2) is 57.6 Å². The minimum absolute atomic E-state index is 0.0611. The molecule has 2 aromatic heterocycles. The predicted molar refractivity (Wildman–Crippen MR) is 101 cm³/mol. The lowest BCUT2D eigenvalue weighted by molar-refractivity contribution is 0.0960. The van der Waals surface area contributed by atoms with Crippen LogP contribution >= 0.6 is 11.3 Å². The van der Waals surface area contributed by atoms with Gasteiger partial charge in [-0.15, -0.1) is 11.3 Å². The number of carbonyl (C=O) groups excluding carboxylic acids is 1. The third-order valence-corrected chi connectivity index (χ3v) is 6.75. The molecule has 3 aliphatic rings. The van der Waals surface area contributed by atoms with Gasteiger partial charge in [-0.25, -0.2) is 9.78 Å². The second-order valence-electron chi connectivity index (χ2n) is 7.73. The van der Waals surface area contributed by atoms with Gasteiger partial charge in [-0.3, -0.25) is 10.2 Å². The Labute approximate surface area is 161 Å². The molecule has 1 atom stereocenters. The number of piperazine rings is 1. The van der Waals surface area contributed by atoms with Crippen LogP contribution in [-0.2, 0) is 12.8 Å². The molecule has 8 nitrogen and oxygen atoms in total. The van der Waals surface area contributed by atoms with E-state index in [1.807, 2.05) is 11.9 Å². The van der Waals surface area contributed by atoms with Gasteiger partial charge in [-0.05, 0) is 45.6 Å². The summed E-state index contributed by atoms with van der Waals surface area (Å²) in [6.07, 6.45) is 6.81. The Morgan fingerprint density at radius 2 is 2.07 bits per heavy atom. The summed E-state index contributed by atoms with van der Waals surface area (Å²) in [7, 11) is 2.04. The van der Waals surface area contributed by atoms with Gasteiger partial charge >= 0.3 is 6.03 Å². The topological polar surface area (TPSA) is 87.4 Å². The van der Waals surface area contributed by atoms with E-state index < -0.39 is 0 Å². The molecule has 1 N–H and O–H groups in total. The number of thiazole rings is 1. The van der Waals surface area contributed by atoms with Crippen LogP contribution < -0.4 is 5.32 Å². The average molecular weight is 388 g/mol. The monoisotopic (exact) mass is 388 g/mol. The van der Waals surface area contributed by atoms with Gasteiger partial charge in [0.25, 0.3) is 0 Å². The lowest BCUT2D eigenvalue weighted by Crippen LogP contribution is -2.50. The first-order chi connectivity index (χ1) is 13.2. The van der Waals surface area contributed by atoms with Crippen molar-refractivity contribution in [3.63, 3.8) is 0 Å². The number of nitrogens with zero attached hydrogens (tertiary/aromatic N) is 5. The van der Waals surface area contributed by atoms with Crippen LogP contribution in [0, 0.1) is 0 Å². The van der Waals surface area contributed by atoms with Crippen LogP contribution in [0.3, 0.4) is 0 Å². The van der Waals surface area contributed by atoms with E-state index in [1.54, 1.807) is 11.3 Å². The zero-order chi connectivity index (χ0) is 18.4. The summed E-state index contributed by atoms with van der Waals surface area (Å²) >= 11 is 1.62. The summed E-state index contributed by atoms with van der Waals surface area (Å²) in [5.41, 5.74) is 1.16. The molecular weight excluding hydrogens is 364 g/mol. The highest BCUT2D eigenvalue weighted by molar-refractivity contribution is 7.15. The zero-order valence-electron chi connectivity index (χ0n) is 15.5. The number of urea groups is 1. The molecule has 1 unspecified atom stereocenters. The lowest BCUT2D eigenvalue weighted by Gasteiger charge is -2.37. The normalized spacial score (nSPS) is 23.3. The van der Waals surface area contributed by atoms with Gasteiger partial charge in [0.15, 0.2) is 11.0 Å². The fourth-order valence-electron chi connectivity index (χ4n) is 3.79. The van der Waals surface area contributed by atoms with Crippen molar-refractivity contribution in [2.45, 2.75) is 50.5 Å². The first-order valence-corrected chi connectivity index (χ1v) is 10.6. The van der Waals surface area contributed by atoms with Crippen molar-refractivity contribution in [3.8, 4) is 0 Å². The van der Waals surface area contributed by atoms with E-state index in [1.165, 1.54) is 17.7 Å². The Morgan fingerprint density at radius 3 is 2.89 bits per heavy atom. The molecule has 5 rings (SSSR count). The number of nitrogens with one attached hydrogen (secondary N) is 1. The van der Waals surface area contributed by atoms with Crippen molar-refractivity contribution in [1.82, 2.24) is 24.9 Å². The number of aromatic nitrogens is 3. The number of rotatable bonds is 3. The molecule has 1 saturated heterocycles. The first kappa shape index (κ1) is 17.1. The summed E-state index contributed by atoms with van der Waals surface area (Å²) in [6.45, 7) is 1.99.